The fourth-order valence-electron chi connectivity index (χ4n) is 1.55. The molecular formula is C12H10F4N4OS. The Morgan fingerprint density at radius 3 is 2.77 bits per heavy atom. The Kier molecular flexibility index (Phi) is 4.59. The average molecular weight is 334 g/mol. The van der Waals surface area contributed by atoms with Crippen molar-refractivity contribution < 1.29 is 22.4 Å². The molecule has 0 aliphatic rings. The van der Waals surface area contributed by atoms with Crippen LogP contribution >= 0.6 is 11.3 Å². The maximum atomic E-state index is 12.7. The van der Waals surface area contributed by atoms with Crippen molar-refractivity contribution in [3.8, 4) is 0 Å². The second-order valence-electron chi connectivity index (χ2n) is 4.26. The van der Waals surface area contributed by atoms with Crippen molar-refractivity contribution in [3.63, 3.8) is 0 Å². The zero-order valence-corrected chi connectivity index (χ0v) is 12.0. The van der Waals surface area contributed by atoms with Crippen LogP contribution in [0.5, 0.6) is 0 Å². The number of amides is 1. The number of aryl methyl sites for hydroxylation is 1. The third-order valence-corrected chi connectivity index (χ3v) is 3.35. The van der Waals surface area contributed by atoms with Crippen LogP contribution in [0.2, 0.25) is 0 Å². The molecule has 0 fully saturated rings. The largest absolute Gasteiger partial charge is 0.435 e. The van der Waals surface area contributed by atoms with E-state index in [1.54, 1.807) is 0 Å². The number of nitrogens with one attached hydrogen (secondary N) is 1. The molecule has 2 aromatic rings. The molecule has 0 bridgehead atoms. The smallest absolute Gasteiger partial charge is 0.271 e. The van der Waals surface area contributed by atoms with Gasteiger partial charge in [0.25, 0.3) is 5.91 Å². The Morgan fingerprint density at radius 2 is 2.23 bits per heavy atom. The summed E-state index contributed by atoms with van der Waals surface area (Å²) in [5.74, 6) is -0.645. The van der Waals surface area contributed by atoms with Crippen LogP contribution in [0.3, 0.4) is 0 Å². The minimum absolute atomic E-state index is 0.201. The van der Waals surface area contributed by atoms with Crippen LogP contribution in [-0.2, 0) is 17.5 Å². The third kappa shape index (κ3) is 4.13. The first-order valence-electron chi connectivity index (χ1n) is 5.94. The highest BCUT2D eigenvalue weighted by Crippen LogP contribution is 2.28. The quantitative estimate of drug-likeness (QED) is 0.531. The molecule has 0 spiro atoms. The lowest BCUT2D eigenvalue weighted by atomic mass is 10.3. The van der Waals surface area contributed by atoms with E-state index >= 15 is 0 Å². The first kappa shape index (κ1) is 16.1. The molecule has 0 saturated heterocycles. The standard InChI is InChI=1S/C12H10F4N4OS/c1-7-4-9(12(14,15)16)19-20(7)6-11(21)18-17-5-8-2-3-10(13)22-8/h2-5H,6H2,1H3,(H,18,21). The van der Waals surface area contributed by atoms with Crippen molar-refractivity contribution in [2.24, 2.45) is 5.10 Å². The predicted octanol–water partition coefficient (Wildman–Crippen LogP) is 2.56. The van der Waals surface area contributed by atoms with E-state index in [0.29, 0.717) is 4.88 Å². The molecule has 0 saturated carbocycles. The lowest BCUT2D eigenvalue weighted by Gasteiger charge is -2.03. The monoisotopic (exact) mass is 334 g/mol. The second-order valence-corrected chi connectivity index (χ2v) is 5.33. The van der Waals surface area contributed by atoms with Gasteiger partial charge in [-0.05, 0) is 25.1 Å². The molecule has 1 N–H and O–H groups in total. The predicted molar refractivity (Wildman–Crippen MR) is 72.0 cm³/mol. The number of thiophene rings is 1. The van der Waals surface area contributed by atoms with Gasteiger partial charge in [-0.25, -0.2) is 5.43 Å². The van der Waals surface area contributed by atoms with E-state index in [-0.39, 0.29) is 10.8 Å². The van der Waals surface area contributed by atoms with Gasteiger partial charge in [-0.15, -0.1) is 11.3 Å². The topological polar surface area (TPSA) is 59.3 Å². The molecule has 0 aliphatic carbocycles. The normalized spacial score (nSPS) is 12.0. The molecule has 2 aromatic heterocycles. The number of nitrogens with zero attached hydrogens (tertiary/aromatic N) is 3. The van der Waals surface area contributed by atoms with Crippen molar-refractivity contribution in [1.82, 2.24) is 15.2 Å². The summed E-state index contributed by atoms with van der Waals surface area (Å²) in [6.07, 6.45) is -3.32. The molecule has 2 rings (SSSR count). The van der Waals surface area contributed by atoms with Crippen LogP contribution in [0, 0.1) is 12.1 Å². The van der Waals surface area contributed by atoms with Crippen LogP contribution in [0.25, 0.3) is 0 Å². The van der Waals surface area contributed by atoms with Crippen LogP contribution in [0.4, 0.5) is 17.6 Å². The van der Waals surface area contributed by atoms with Crippen molar-refractivity contribution in [1.29, 1.82) is 0 Å². The van der Waals surface area contributed by atoms with Crippen molar-refractivity contribution in [2.75, 3.05) is 0 Å². The average Bonchev–Trinajstić information content (AvgIpc) is 2.96. The summed E-state index contributed by atoms with van der Waals surface area (Å²) in [6, 6.07) is 3.58. The Morgan fingerprint density at radius 1 is 1.50 bits per heavy atom. The molecule has 5 nitrogen and oxygen atoms in total. The summed E-state index contributed by atoms with van der Waals surface area (Å²) < 4.78 is 51.1. The fraction of sp³-hybridized carbons (Fsp3) is 0.250. The first-order valence-corrected chi connectivity index (χ1v) is 6.76. The minimum atomic E-state index is -4.56. The number of aromatic nitrogens is 2. The van der Waals surface area contributed by atoms with E-state index in [1.165, 1.54) is 25.3 Å². The highest BCUT2D eigenvalue weighted by atomic mass is 32.1. The van der Waals surface area contributed by atoms with Gasteiger partial charge < -0.3 is 0 Å². The van der Waals surface area contributed by atoms with E-state index in [1.807, 2.05) is 0 Å². The van der Waals surface area contributed by atoms with Crippen LogP contribution in [0.1, 0.15) is 16.3 Å². The van der Waals surface area contributed by atoms with E-state index in [0.717, 1.165) is 22.1 Å². The number of carbonyl (C=O) groups excluding carboxylic acids is 1. The first-order chi connectivity index (χ1) is 10.3. The van der Waals surface area contributed by atoms with Crippen molar-refractivity contribution in [2.45, 2.75) is 19.6 Å². The van der Waals surface area contributed by atoms with Gasteiger partial charge in [0.1, 0.15) is 6.54 Å². The molecule has 1 amide bonds. The van der Waals surface area contributed by atoms with E-state index in [9.17, 15) is 22.4 Å². The van der Waals surface area contributed by atoms with Gasteiger partial charge in [-0.3, -0.25) is 9.48 Å². The van der Waals surface area contributed by atoms with Gasteiger partial charge in [0.15, 0.2) is 10.8 Å². The zero-order valence-electron chi connectivity index (χ0n) is 11.2. The number of hydrogen-bond acceptors (Lipinski definition) is 4. The van der Waals surface area contributed by atoms with E-state index in [4.69, 9.17) is 0 Å². The highest BCUT2D eigenvalue weighted by Gasteiger charge is 2.34. The van der Waals surface area contributed by atoms with Gasteiger partial charge >= 0.3 is 6.18 Å². The molecule has 0 atom stereocenters. The number of carbonyl (C=O) groups is 1. The van der Waals surface area contributed by atoms with Gasteiger partial charge in [-0.1, -0.05) is 0 Å². The maximum Gasteiger partial charge on any atom is 0.435 e. The zero-order chi connectivity index (χ0) is 16.3. The fourth-order valence-corrected chi connectivity index (χ4v) is 2.15. The molecule has 0 aromatic carbocycles. The van der Waals surface area contributed by atoms with E-state index in [2.05, 4.69) is 15.6 Å². The minimum Gasteiger partial charge on any atom is -0.271 e. The summed E-state index contributed by atoms with van der Waals surface area (Å²) in [7, 11) is 0. The summed E-state index contributed by atoms with van der Waals surface area (Å²) in [4.78, 5) is 12.1. The molecule has 0 unspecified atom stereocenters. The molecule has 22 heavy (non-hydrogen) atoms. The number of hydrogen-bond donors (Lipinski definition) is 1. The second kappa shape index (κ2) is 6.26. The Labute approximate surface area is 126 Å². The molecular weight excluding hydrogens is 324 g/mol. The SMILES string of the molecule is Cc1cc(C(F)(F)F)nn1CC(=O)NN=Cc1ccc(F)s1. The molecule has 118 valence electrons. The van der Waals surface area contributed by atoms with Crippen LogP contribution < -0.4 is 5.43 Å². The maximum absolute atomic E-state index is 12.7. The molecule has 0 radical (unpaired) electrons. The number of rotatable bonds is 4. The molecule has 10 heteroatoms. The summed E-state index contributed by atoms with van der Waals surface area (Å²) >= 11 is 0.842. The van der Waals surface area contributed by atoms with Gasteiger partial charge in [0, 0.05) is 5.69 Å². The van der Waals surface area contributed by atoms with Crippen LogP contribution in [-0.4, -0.2) is 21.9 Å². The number of alkyl halides is 3. The Balaban J connectivity index is 1.95. The van der Waals surface area contributed by atoms with E-state index < -0.39 is 24.3 Å². The van der Waals surface area contributed by atoms with Gasteiger partial charge in [0.2, 0.25) is 0 Å². The summed E-state index contributed by atoms with van der Waals surface area (Å²) in [5.41, 5.74) is 1.28. The van der Waals surface area contributed by atoms with Gasteiger partial charge in [-0.2, -0.15) is 27.8 Å². The van der Waals surface area contributed by atoms with Gasteiger partial charge in [0.05, 0.1) is 11.1 Å². The van der Waals surface area contributed by atoms with Crippen molar-refractivity contribution >= 4 is 23.5 Å². The Bertz CT molecular complexity index is 704. The summed E-state index contributed by atoms with van der Waals surface area (Å²) in [6.45, 7) is 1.01. The third-order valence-electron chi connectivity index (χ3n) is 2.54. The highest BCUT2D eigenvalue weighted by molar-refractivity contribution is 7.12. The van der Waals surface area contributed by atoms with Crippen LogP contribution in [0.15, 0.2) is 23.3 Å². The summed E-state index contributed by atoms with van der Waals surface area (Å²) in [5, 5.41) is 6.52. The Hall–Kier alpha value is -2.23. The lowest BCUT2D eigenvalue weighted by Crippen LogP contribution is -2.24. The molecule has 0 aliphatic heterocycles. The van der Waals surface area contributed by atoms with Crippen molar-refractivity contribution in [3.05, 3.63) is 39.6 Å². The molecule has 2 heterocycles. The number of hydrazone groups is 1. The lowest BCUT2D eigenvalue weighted by molar-refractivity contribution is -0.141. The number of halogens is 4.